The monoisotopic (exact) mass is 145 g/mol. The van der Waals surface area contributed by atoms with E-state index in [9.17, 15) is 5.21 Å². The lowest BCUT2D eigenvalue weighted by Gasteiger charge is -2.51. The fourth-order valence-corrected chi connectivity index (χ4v) is 1.17. The summed E-state index contributed by atoms with van der Waals surface area (Å²) >= 11 is 0. The highest BCUT2D eigenvalue weighted by Gasteiger charge is 2.28. The minimum absolute atomic E-state index is 0.0903. The molecule has 0 rings (SSSR count). The molecular formula is C8H19NO. The number of hydrogen-bond acceptors (Lipinski definition) is 1. The number of hydrogen-bond donors (Lipinski definition) is 0. The fraction of sp³-hybridized carbons (Fsp3) is 1.00. The molecule has 0 amide bonds. The Labute approximate surface area is 64.0 Å². The zero-order chi connectivity index (χ0) is 8.41. The van der Waals surface area contributed by atoms with E-state index in [1.165, 1.54) is 0 Å². The van der Waals surface area contributed by atoms with Gasteiger partial charge in [-0.05, 0) is 34.6 Å². The van der Waals surface area contributed by atoms with E-state index in [-0.39, 0.29) is 10.2 Å². The summed E-state index contributed by atoms with van der Waals surface area (Å²) in [6.45, 7) is 11.2. The van der Waals surface area contributed by atoms with E-state index in [1.54, 1.807) is 0 Å². The van der Waals surface area contributed by atoms with Gasteiger partial charge in [0.2, 0.25) is 0 Å². The summed E-state index contributed by atoms with van der Waals surface area (Å²) in [5.41, 5.74) is -0.163. The maximum Gasteiger partial charge on any atom is 0.0904 e. The molecule has 0 fully saturated rings. The predicted octanol–water partition coefficient (Wildman–Crippen LogP) is 2.14. The summed E-state index contributed by atoms with van der Waals surface area (Å²) in [7, 11) is 0. The van der Waals surface area contributed by atoms with Crippen molar-refractivity contribution in [3.05, 3.63) is 5.21 Å². The first-order valence-corrected chi connectivity index (χ1v) is 3.95. The van der Waals surface area contributed by atoms with Crippen LogP contribution in [0, 0.1) is 5.21 Å². The lowest BCUT2D eigenvalue weighted by molar-refractivity contribution is -0.922. The average molecular weight is 145 g/mol. The van der Waals surface area contributed by atoms with Crippen molar-refractivity contribution in [2.24, 2.45) is 0 Å². The van der Waals surface area contributed by atoms with E-state index in [4.69, 9.17) is 0 Å². The molecule has 0 aliphatic heterocycles. The van der Waals surface area contributed by atoms with Crippen molar-refractivity contribution in [3.8, 4) is 0 Å². The molecule has 0 aliphatic rings. The van der Waals surface area contributed by atoms with Crippen molar-refractivity contribution in [3.63, 3.8) is 0 Å². The van der Waals surface area contributed by atoms with Crippen molar-refractivity contribution < 1.29 is 4.65 Å². The maximum absolute atomic E-state index is 11.8. The Bertz CT molecular complexity index is 100. The summed E-state index contributed by atoms with van der Waals surface area (Å²) in [6, 6.07) is 0. The molecule has 10 heavy (non-hydrogen) atoms. The number of quaternary nitrogens is 1. The van der Waals surface area contributed by atoms with Crippen molar-refractivity contribution >= 4 is 0 Å². The molecule has 0 aliphatic carbocycles. The Balaban J connectivity index is 4.33. The van der Waals surface area contributed by atoms with Crippen molar-refractivity contribution in [2.75, 3.05) is 13.1 Å². The molecule has 0 aromatic rings. The molecular weight excluding hydrogens is 126 g/mol. The van der Waals surface area contributed by atoms with Crippen molar-refractivity contribution in [1.82, 2.24) is 0 Å². The second kappa shape index (κ2) is 2.89. The lowest BCUT2D eigenvalue weighted by atomic mass is 10.1. The zero-order valence-corrected chi connectivity index (χ0v) is 7.77. The molecule has 0 heterocycles. The third kappa shape index (κ3) is 1.70. The molecule has 0 aromatic heterocycles. The smallest absolute Gasteiger partial charge is 0.0904 e. The molecule has 0 N–H and O–H groups in total. The molecule has 0 radical (unpaired) electrons. The highest BCUT2D eigenvalue weighted by atomic mass is 16.5. The van der Waals surface area contributed by atoms with Crippen molar-refractivity contribution in [2.45, 2.75) is 40.2 Å². The minimum Gasteiger partial charge on any atom is -0.632 e. The van der Waals surface area contributed by atoms with Crippen LogP contribution in [0.3, 0.4) is 0 Å². The summed E-state index contributed by atoms with van der Waals surface area (Å²) in [4.78, 5) is 0. The Hall–Kier alpha value is -0.0800. The molecule has 62 valence electrons. The molecule has 2 heteroatoms. The van der Waals surface area contributed by atoms with E-state index in [2.05, 4.69) is 0 Å². The highest BCUT2D eigenvalue weighted by molar-refractivity contribution is 4.62. The van der Waals surface area contributed by atoms with Crippen LogP contribution in [0.2, 0.25) is 0 Å². The summed E-state index contributed by atoms with van der Waals surface area (Å²) in [5, 5.41) is 11.8. The number of nitrogens with zero attached hydrogens (tertiary/aromatic N) is 1. The van der Waals surface area contributed by atoms with Gasteiger partial charge in [-0.3, -0.25) is 0 Å². The van der Waals surface area contributed by atoms with Gasteiger partial charge in [0.1, 0.15) is 0 Å². The van der Waals surface area contributed by atoms with Crippen LogP contribution in [0.5, 0.6) is 0 Å². The first-order chi connectivity index (χ1) is 4.37. The first kappa shape index (κ1) is 9.92. The van der Waals surface area contributed by atoms with E-state index in [0.717, 1.165) is 0 Å². The predicted molar refractivity (Wildman–Crippen MR) is 44.5 cm³/mol. The van der Waals surface area contributed by atoms with Crippen LogP contribution in [-0.2, 0) is 0 Å². The Kier molecular flexibility index (Phi) is 2.86. The van der Waals surface area contributed by atoms with Crippen LogP contribution in [0.1, 0.15) is 34.6 Å². The third-order valence-electron chi connectivity index (χ3n) is 2.24. The Morgan fingerprint density at radius 2 is 1.40 bits per heavy atom. The van der Waals surface area contributed by atoms with Gasteiger partial charge in [0.25, 0.3) is 0 Å². The fourth-order valence-electron chi connectivity index (χ4n) is 1.17. The molecule has 0 unspecified atom stereocenters. The Morgan fingerprint density at radius 1 is 1.10 bits per heavy atom. The standard InChI is InChI=1S/C8H19NO/c1-6-9(10,7-2)8(3,4)5/h6-7H2,1-5H3. The molecule has 2 nitrogen and oxygen atoms in total. The minimum atomic E-state index is -0.163. The van der Waals surface area contributed by atoms with Crippen LogP contribution in [0.25, 0.3) is 0 Å². The quantitative estimate of drug-likeness (QED) is 0.431. The van der Waals surface area contributed by atoms with Crippen LogP contribution in [0.15, 0.2) is 0 Å². The van der Waals surface area contributed by atoms with E-state index < -0.39 is 0 Å². The second-order valence-electron chi connectivity index (χ2n) is 3.69. The topological polar surface area (TPSA) is 23.1 Å². The average Bonchev–Trinajstić information content (AvgIpc) is 1.84. The van der Waals surface area contributed by atoms with Gasteiger partial charge in [-0.25, -0.2) is 0 Å². The maximum atomic E-state index is 11.8. The lowest BCUT2D eigenvalue weighted by Crippen LogP contribution is -2.55. The van der Waals surface area contributed by atoms with Crippen LogP contribution in [-0.4, -0.2) is 23.3 Å². The van der Waals surface area contributed by atoms with E-state index in [1.807, 2.05) is 34.6 Å². The SMILES string of the molecule is CC[N+]([O-])(CC)C(C)(C)C. The Morgan fingerprint density at radius 3 is 1.40 bits per heavy atom. The summed E-state index contributed by atoms with van der Waals surface area (Å²) in [6.07, 6.45) is 0. The molecule has 0 bridgehead atoms. The van der Waals surface area contributed by atoms with Crippen molar-refractivity contribution in [1.29, 1.82) is 0 Å². The second-order valence-corrected chi connectivity index (χ2v) is 3.69. The van der Waals surface area contributed by atoms with E-state index >= 15 is 0 Å². The third-order valence-corrected chi connectivity index (χ3v) is 2.24. The number of hydroxylamine groups is 3. The van der Waals surface area contributed by atoms with Gasteiger partial charge in [-0.1, -0.05) is 0 Å². The summed E-state index contributed by atoms with van der Waals surface area (Å²) in [5.74, 6) is 0. The van der Waals surface area contributed by atoms with Crippen LogP contribution in [0.4, 0.5) is 0 Å². The van der Waals surface area contributed by atoms with Gasteiger partial charge in [-0.15, -0.1) is 0 Å². The van der Waals surface area contributed by atoms with Gasteiger partial charge in [0.15, 0.2) is 0 Å². The molecule has 0 saturated heterocycles. The molecule has 0 atom stereocenters. The molecule has 0 aromatic carbocycles. The first-order valence-electron chi connectivity index (χ1n) is 3.95. The van der Waals surface area contributed by atoms with Gasteiger partial charge < -0.3 is 9.85 Å². The highest BCUT2D eigenvalue weighted by Crippen LogP contribution is 2.21. The van der Waals surface area contributed by atoms with Crippen LogP contribution >= 0.6 is 0 Å². The van der Waals surface area contributed by atoms with Gasteiger partial charge in [-0.2, -0.15) is 0 Å². The van der Waals surface area contributed by atoms with Gasteiger partial charge in [0.05, 0.1) is 18.6 Å². The van der Waals surface area contributed by atoms with Gasteiger partial charge >= 0.3 is 0 Å². The zero-order valence-electron chi connectivity index (χ0n) is 7.77. The number of rotatable bonds is 2. The normalized spacial score (nSPS) is 13.8. The summed E-state index contributed by atoms with van der Waals surface area (Å²) < 4.78 is -0.0903. The largest absolute Gasteiger partial charge is 0.632 e. The molecule has 0 spiro atoms. The van der Waals surface area contributed by atoms with Crippen LogP contribution < -0.4 is 0 Å². The van der Waals surface area contributed by atoms with Gasteiger partial charge in [0, 0.05) is 0 Å². The van der Waals surface area contributed by atoms with E-state index in [0.29, 0.717) is 13.1 Å². The molecule has 0 saturated carbocycles.